The van der Waals surface area contributed by atoms with Crippen molar-refractivity contribution in [3.63, 3.8) is 0 Å². The van der Waals surface area contributed by atoms with Gasteiger partial charge in [0.2, 0.25) is 12.6 Å². The minimum absolute atomic E-state index is 0.188. The lowest BCUT2D eigenvalue weighted by Gasteiger charge is -2.23. The van der Waals surface area contributed by atoms with Crippen LogP contribution in [-0.2, 0) is 9.59 Å². The molecule has 6 nitrogen and oxygen atoms in total. The maximum atomic E-state index is 15.6. The first-order valence-corrected chi connectivity index (χ1v) is 13.3. The predicted molar refractivity (Wildman–Crippen MR) is 150 cm³/mol. The molecule has 2 aliphatic rings. The van der Waals surface area contributed by atoms with E-state index in [1.807, 2.05) is 0 Å². The summed E-state index contributed by atoms with van der Waals surface area (Å²) in [6, 6.07) is 26.4. The summed E-state index contributed by atoms with van der Waals surface area (Å²) in [7, 11) is 0. The van der Waals surface area contributed by atoms with Gasteiger partial charge in [-0.05, 0) is 48.5 Å². The van der Waals surface area contributed by atoms with Crippen LogP contribution < -0.4 is 9.80 Å². The monoisotopic (exact) mass is 586 g/mol. The van der Waals surface area contributed by atoms with E-state index in [-0.39, 0.29) is 43.9 Å². The zero-order valence-electron chi connectivity index (χ0n) is 22.2. The molecular formula is C33H22F4N2O4. The van der Waals surface area contributed by atoms with E-state index in [4.69, 9.17) is 0 Å². The van der Waals surface area contributed by atoms with Gasteiger partial charge in [-0.15, -0.1) is 0 Å². The Balaban J connectivity index is 1.28. The summed E-state index contributed by atoms with van der Waals surface area (Å²) < 4.78 is 62.1. The van der Waals surface area contributed by atoms with Crippen molar-refractivity contribution in [2.45, 2.75) is 24.9 Å². The lowest BCUT2D eigenvalue weighted by atomic mass is 9.81. The van der Waals surface area contributed by atoms with E-state index in [9.17, 15) is 19.2 Å². The molecule has 4 aromatic carbocycles. The van der Waals surface area contributed by atoms with Gasteiger partial charge in [-0.25, -0.2) is 17.6 Å². The number of nitrogens with zero attached hydrogens (tertiary/aromatic N) is 2. The van der Waals surface area contributed by atoms with Crippen LogP contribution in [0.5, 0.6) is 0 Å². The Morgan fingerprint density at radius 3 is 1.12 bits per heavy atom. The maximum absolute atomic E-state index is 15.6. The largest absolute Gasteiger partial charge is 0.289 e. The number of hydrogen-bond acceptors (Lipinski definition) is 4. The van der Waals surface area contributed by atoms with Crippen LogP contribution in [0.4, 0.5) is 28.9 Å². The summed E-state index contributed by atoms with van der Waals surface area (Å²) >= 11 is 0. The van der Waals surface area contributed by atoms with Crippen molar-refractivity contribution in [1.82, 2.24) is 0 Å². The molecule has 6 rings (SSSR count). The van der Waals surface area contributed by atoms with Crippen molar-refractivity contribution in [1.29, 1.82) is 0 Å². The molecule has 2 heterocycles. The number of carbonyl (C=O) groups excluding carboxylic acids is 4. The van der Waals surface area contributed by atoms with Crippen LogP contribution in [0.15, 0.2) is 109 Å². The SMILES string of the molecule is O=C(c1ccccc1)c1ccc(N2C(=O)C3(C(=O)N(c4ccc(C(=O)c5ccccc5)cc4)C(F)C3F)C(F)C2F)cc1. The molecule has 2 aliphatic heterocycles. The smallest absolute Gasteiger partial charge is 0.251 e. The van der Waals surface area contributed by atoms with Gasteiger partial charge in [0.15, 0.2) is 29.3 Å². The molecule has 0 aliphatic carbocycles. The number of ketones is 2. The molecule has 0 radical (unpaired) electrons. The third kappa shape index (κ3) is 4.24. The van der Waals surface area contributed by atoms with Crippen molar-refractivity contribution in [2.24, 2.45) is 5.41 Å². The first kappa shape index (κ1) is 28.0. The molecule has 0 saturated carbocycles. The Morgan fingerprint density at radius 1 is 0.488 bits per heavy atom. The van der Waals surface area contributed by atoms with Gasteiger partial charge >= 0.3 is 0 Å². The van der Waals surface area contributed by atoms with E-state index in [1.54, 1.807) is 60.7 Å². The van der Waals surface area contributed by atoms with Crippen LogP contribution in [0.25, 0.3) is 0 Å². The Hall–Kier alpha value is -5.12. The minimum Gasteiger partial charge on any atom is -0.289 e. The van der Waals surface area contributed by atoms with Gasteiger partial charge in [-0.1, -0.05) is 60.7 Å². The molecule has 4 atom stereocenters. The van der Waals surface area contributed by atoms with Gasteiger partial charge < -0.3 is 0 Å². The van der Waals surface area contributed by atoms with E-state index in [1.165, 1.54) is 48.5 Å². The number of rotatable bonds is 6. The number of alkyl halides is 4. The van der Waals surface area contributed by atoms with Gasteiger partial charge in [-0.2, -0.15) is 0 Å². The van der Waals surface area contributed by atoms with Gasteiger partial charge in [0.1, 0.15) is 0 Å². The second-order valence-electron chi connectivity index (χ2n) is 10.3. The Kier molecular flexibility index (Phi) is 6.92. The second-order valence-corrected chi connectivity index (χ2v) is 10.3. The molecule has 2 saturated heterocycles. The van der Waals surface area contributed by atoms with Crippen LogP contribution in [0.1, 0.15) is 31.8 Å². The zero-order chi connectivity index (χ0) is 30.5. The van der Waals surface area contributed by atoms with Gasteiger partial charge in [0.05, 0.1) is 0 Å². The molecule has 216 valence electrons. The van der Waals surface area contributed by atoms with E-state index in [0.717, 1.165) is 0 Å². The summed E-state index contributed by atoms with van der Waals surface area (Å²) in [5.41, 5.74) is -2.65. The number of halogens is 4. The quantitative estimate of drug-likeness (QED) is 0.124. The molecular weight excluding hydrogens is 564 g/mol. The fraction of sp³-hybridized carbons (Fsp3) is 0.152. The highest BCUT2D eigenvalue weighted by Gasteiger charge is 2.77. The number of hydrogen-bond donors (Lipinski definition) is 0. The third-order valence-electron chi connectivity index (χ3n) is 7.88. The van der Waals surface area contributed by atoms with Crippen LogP contribution in [0.2, 0.25) is 0 Å². The molecule has 4 unspecified atom stereocenters. The standard InChI is InChI=1S/C33H22F4N2O4/c34-27-29(36)38(23-15-11-21(12-16-23)25(40)19-7-3-1-4-8-19)31(42)33(27)28(35)30(37)39(32(33)43)24-17-13-22(14-18-24)26(41)20-9-5-2-6-10-20/h1-18,27-30H. The van der Waals surface area contributed by atoms with E-state index in [0.29, 0.717) is 11.1 Å². The van der Waals surface area contributed by atoms with E-state index < -0.39 is 42.2 Å². The minimum atomic E-state index is -3.31. The fourth-order valence-corrected chi connectivity index (χ4v) is 5.61. The molecule has 10 heteroatoms. The van der Waals surface area contributed by atoms with Crippen LogP contribution in [0, 0.1) is 5.41 Å². The van der Waals surface area contributed by atoms with Crippen molar-refractivity contribution >= 4 is 34.8 Å². The average molecular weight is 587 g/mol. The number of anilines is 2. The Bertz CT molecular complexity index is 1590. The number of carbonyl (C=O) groups is 4. The summed E-state index contributed by atoms with van der Waals surface area (Å²) in [6.45, 7) is 0. The van der Waals surface area contributed by atoms with Crippen molar-refractivity contribution in [2.75, 3.05) is 9.80 Å². The summed E-state index contributed by atoms with van der Waals surface area (Å²) in [5, 5.41) is 0. The first-order valence-electron chi connectivity index (χ1n) is 13.3. The summed E-state index contributed by atoms with van der Waals surface area (Å²) in [4.78, 5) is 53.0. The molecule has 43 heavy (non-hydrogen) atoms. The fourth-order valence-electron chi connectivity index (χ4n) is 5.61. The van der Waals surface area contributed by atoms with E-state index >= 15 is 17.6 Å². The highest BCUT2D eigenvalue weighted by atomic mass is 19.2. The first-order chi connectivity index (χ1) is 20.7. The Morgan fingerprint density at radius 2 is 0.791 bits per heavy atom. The summed E-state index contributed by atoms with van der Waals surface area (Å²) in [5.74, 6) is -3.88. The maximum Gasteiger partial charge on any atom is 0.251 e. The lowest BCUT2D eigenvalue weighted by Crippen LogP contribution is -2.49. The van der Waals surface area contributed by atoms with E-state index in [2.05, 4.69) is 0 Å². The highest BCUT2D eigenvalue weighted by Crippen LogP contribution is 2.53. The molecule has 0 bridgehead atoms. The molecule has 1 spiro atoms. The number of benzene rings is 4. The average Bonchev–Trinajstić information content (AvgIpc) is 3.38. The normalized spacial score (nSPS) is 25.0. The Labute approximate surface area is 243 Å². The molecule has 0 aromatic heterocycles. The molecule has 0 N–H and O–H groups in total. The lowest BCUT2D eigenvalue weighted by molar-refractivity contribution is -0.142. The molecule has 2 amide bonds. The van der Waals surface area contributed by atoms with Crippen LogP contribution >= 0.6 is 0 Å². The van der Waals surface area contributed by atoms with Crippen molar-refractivity contribution in [3.8, 4) is 0 Å². The molecule has 2 fully saturated rings. The zero-order valence-corrected chi connectivity index (χ0v) is 22.2. The second kappa shape index (κ2) is 10.6. The summed E-state index contributed by atoms with van der Waals surface area (Å²) in [6.07, 6.45) is -11.7. The van der Waals surface area contributed by atoms with Crippen LogP contribution in [0.3, 0.4) is 0 Å². The van der Waals surface area contributed by atoms with Gasteiger partial charge in [0, 0.05) is 33.6 Å². The predicted octanol–water partition coefficient (Wildman–Crippen LogP) is 5.80. The number of amides is 2. The van der Waals surface area contributed by atoms with Crippen LogP contribution in [-0.4, -0.2) is 48.3 Å². The molecule has 4 aromatic rings. The van der Waals surface area contributed by atoms with Gasteiger partial charge in [-0.3, -0.25) is 29.0 Å². The van der Waals surface area contributed by atoms with Crippen molar-refractivity contribution in [3.05, 3.63) is 131 Å². The van der Waals surface area contributed by atoms with Gasteiger partial charge in [0.25, 0.3) is 11.8 Å². The topological polar surface area (TPSA) is 74.8 Å². The third-order valence-corrected chi connectivity index (χ3v) is 7.88. The van der Waals surface area contributed by atoms with Crippen molar-refractivity contribution < 1.29 is 36.7 Å². The highest BCUT2D eigenvalue weighted by molar-refractivity contribution is 6.21.